The molecule has 0 bridgehead atoms. The smallest absolute Gasteiger partial charge is 0.0924 e. The van der Waals surface area contributed by atoms with Crippen LogP contribution in [0.3, 0.4) is 0 Å². The second kappa shape index (κ2) is 6.00. The van der Waals surface area contributed by atoms with Crippen LogP contribution in [0.15, 0.2) is 41.8 Å². The highest BCUT2D eigenvalue weighted by molar-refractivity contribution is 7.10. The Balaban J connectivity index is 1.92. The van der Waals surface area contributed by atoms with Crippen LogP contribution in [-0.2, 0) is 6.42 Å². The molecule has 2 unspecified atom stereocenters. The Kier molecular flexibility index (Phi) is 4.08. The number of hydrogen-bond donors (Lipinski definition) is 2. The van der Waals surface area contributed by atoms with Crippen molar-refractivity contribution in [1.29, 1.82) is 5.41 Å². The third-order valence-electron chi connectivity index (χ3n) is 4.32. The first-order valence-electron chi connectivity index (χ1n) is 7.36. The van der Waals surface area contributed by atoms with Crippen molar-refractivity contribution < 1.29 is 0 Å². The van der Waals surface area contributed by atoms with Gasteiger partial charge in [0, 0.05) is 29.9 Å². The van der Waals surface area contributed by atoms with E-state index in [-0.39, 0.29) is 11.9 Å². The predicted octanol–water partition coefficient (Wildman–Crippen LogP) is 3.73. The van der Waals surface area contributed by atoms with Crippen LogP contribution >= 0.6 is 11.3 Å². The summed E-state index contributed by atoms with van der Waals surface area (Å²) < 4.78 is 0. The summed E-state index contributed by atoms with van der Waals surface area (Å²) in [5.74, 6) is 0.257. The monoisotopic (exact) mass is 299 g/mol. The van der Waals surface area contributed by atoms with E-state index in [1.165, 1.54) is 16.0 Å². The van der Waals surface area contributed by atoms with Gasteiger partial charge < -0.3 is 5.73 Å². The highest BCUT2D eigenvalue weighted by Crippen LogP contribution is 2.39. The summed E-state index contributed by atoms with van der Waals surface area (Å²) in [6, 6.07) is 13.3. The van der Waals surface area contributed by atoms with Crippen molar-refractivity contribution in [3.63, 3.8) is 0 Å². The van der Waals surface area contributed by atoms with Gasteiger partial charge in [0.1, 0.15) is 0 Å². The van der Waals surface area contributed by atoms with Gasteiger partial charge in [0.05, 0.1) is 5.84 Å². The van der Waals surface area contributed by atoms with Gasteiger partial charge in [0.15, 0.2) is 0 Å². The summed E-state index contributed by atoms with van der Waals surface area (Å²) in [5, 5.41) is 9.91. The molecule has 1 aromatic carbocycles. The van der Waals surface area contributed by atoms with E-state index in [0.29, 0.717) is 12.5 Å². The molecule has 3 N–H and O–H groups in total. The molecular weight excluding hydrogens is 278 g/mol. The molecule has 2 aromatic rings. The quantitative estimate of drug-likeness (QED) is 0.667. The van der Waals surface area contributed by atoms with Crippen LogP contribution in [0.4, 0.5) is 0 Å². The van der Waals surface area contributed by atoms with Gasteiger partial charge in [-0.15, -0.1) is 11.3 Å². The Labute approximate surface area is 129 Å². The Bertz CT molecular complexity index is 620. The Morgan fingerprint density at radius 2 is 2.14 bits per heavy atom. The molecule has 0 spiro atoms. The molecule has 1 aromatic heterocycles. The largest absolute Gasteiger partial charge is 0.388 e. The van der Waals surface area contributed by atoms with Crippen molar-refractivity contribution in [3.8, 4) is 0 Å². The zero-order valence-corrected chi connectivity index (χ0v) is 13.1. The molecule has 1 aliphatic heterocycles. The zero-order valence-electron chi connectivity index (χ0n) is 12.3. The summed E-state index contributed by atoms with van der Waals surface area (Å²) in [6.07, 6.45) is 1.69. The van der Waals surface area contributed by atoms with Crippen molar-refractivity contribution in [3.05, 3.63) is 57.8 Å². The topological polar surface area (TPSA) is 53.1 Å². The van der Waals surface area contributed by atoms with Crippen LogP contribution in [-0.4, -0.2) is 17.3 Å². The van der Waals surface area contributed by atoms with Crippen LogP contribution in [0.5, 0.6) is 0 Å². The Morgan fingerprint density at radius 1 is 1.38 bits per heavy atom. The second-order valence-electron chi connectivity index (χ2n) is 5.62. The summed E-state index contributed by atoms with van der Waals surface area (Å²) >= 11 is 1.86. The summed E-state index contributed by atoms with van der Waals surface area (Å²) in [5.41, 5.74) is 8.40. The summed E-state index contributed by atoms with van der Waals surface area (Å²) in [7, 11) is 0. The van der Waals surface area contributed by atoms with Crippen molar-refractivity contribution >= 4 is 17.2 Å². The maximum Gasteiger partial charge on any atom is 0.0924 e. The second-order valence-corrected chi connectivity index (χ2v) is 6.62. The molecule has 1 aliphatic rings. The standard InChI is InChI=1S/C17H21N3S/c1-12-14-8-10-21-16(14)7-9-20(12)15(11-17(18)19)13-5-3-2-4-6-13/h2-6,8,10,12,15H,7,9,11H2,1H3,(H3,18,19). The molecule has 2 atom stereocenters. The Morgan fingerprint density at radius 3 is 2.86 bits per heavy atom. The van der Waals surface area contributed by atoms with Crippen molar-refractivity contribution in [2.75, 3.05) is 6.54 Å². The lowest BCUT2D eigenvalue weighted by Gasteiger charge is -2.40. The van der Waals surface area contributed by atoms with E-state index < -0.39 is 0 Å². The molecule has 110 valence electrons. The van der Waals surface area contributed by atoms with Gasteiger partial charge >= 0.3 is 0 Å². The number of nitrogens with one attached hydrogen (secondary N) is 1. The van der Waals surface area contributed by atoms with Gasteiger partial charge in [-0.1, -0.05) is 30.3 Å². The van der Waals surface area contributed by atoms with Gasteiger partial charge in [0.2, 0.25) is 0 Å². The fraction of sp³-hybridized carbons (Fsp3) is 0.353. The van der Waals surface area contributed by atoms with E-state index >= 15 is 0 Å². The van der Waals surface area contributed by atoms with Crippen LogP contribution in [0.25, 0.3) is 0 Å². The van der Waals surface area contributed by atoms with Crippen molar-refractivity contribution in [2.24, 2.45) is 5.73 Å². The normalized spacial score (nSPS) is 20.0. The fourth-order valence-electron chi connectivity index (χ4n) is 3.26. The van der Waals surface area contributed by atoms with E-state index in [0.717, 1.165) is 13.0 Å². The number of hydrogen-bond acceptors (Lipinski definition) is 3. The third kappa shape index (κ3) is 2.87. The van der Waals surface area contributed by atoms with E-state index in [2.05, 4.69) is 47.5 Å². The SMILES string of the molecule is CC1c2ccsc2CCN1C(CC(=N)N)c1ccccc1. The van der Waals surface area contributed by atoms with Gasteiger partial charge in [0.25, 0.3) is 0 Å². The first-order valence-corrected chi connectivity index (χ1v) is 8.24. The minimum atomic E-state index is 0.187. The Hall–Kier alpha value is -1.65. The van der Waals surface area contributed by atoms with E-state index in [1.54, 1.807) is 0 Å². The lowest BCUT2D eigenvalue weighted by molar-refractivity contribution is 0.138. The first-order chi connectivity index (χ1) is 10.2. The highest BCUT2D eigenvalue weighted by Gasteiger charge is 2.31. The number of amidine groups is 1. The molecule has 4 heteroatoms. The molecule has 21 heavy (non-hydrogen) atoms. The van der Waals surface area contributed by atoms with Crippen LogP contribution in [0, 0.1) is 5.41 Å². The predicted molar refractivity (Wildman–Crippen MR) is 88.9 cm³/mol. The number of fused-ring (bicyclic) bond motifs is 1. The van der Waals surface area contributed by atoms with Crippen molar-refractivity contribution in [2.45, 2.75) is 31.8 Å². The van der Waals surface area contributed by atoms with Crippen LogP contribution < -0.4 is 5.73 Å². The van der Waals surface area contributed by atoms with Gasteiger partial charge in [-0.3, -0.25) is 10.3 Å². The maximum absolute atomic E-state index is 7.73. The molecule has 0 saturated heterocycles. The number of nitrogens with two attached hydrogens (primary N) is 1. The molecular formula is C17H21N3S. The van der Waals surface area contributed by atoms with Gasteiger partial charge in [-0.25, -0.2) is 0 Å². The fourth-order valence-corrected chi connectivity index (χ4v) is 4.23. The molecule has 0 saturated carbocycles. The lowest BCUT2D eigenvalue weighted by Crippen LogP contribution is -2.38. The molecule has 0 amide bonds. The molecule has 0 fully saturated rings. The lowest BCUT2D eigenvalue weighted by atomic mass is 9.94. The van der Waals surface area contributed by atoms with E-state index in [4.69, 9.17) is 11.1 Å². The number of thiophene rings is 1. The molecule has 2 heterocycles. The highest BCUT2D eigenvalue weighted by atomic mass is 32.1. The average Bonchev–Trinajstić information content (AvgIpc) is 2.96. The summed E-state index contributed by atoms with van der Waals surface area (Å²) in [4.78, 5) is 4.00. The third-order valence-corrected chi connectivity index (χ3v) is 5.32. The first kappa shape index (κ1) is 14.3. The summed E-state index contributed by atoms with van der Waals surface area (Å²) in [6.45, 7) is 3.29. The minimum absolute atomic E-state index is 0.187. The number of nitrogens with zero attached hydrogens (tertiary/aromatic N) is 1. The minimum Gasteiger partial charge on any atom is -0.388 e. The van der Waals surface area contributed by atoms with Crippen molar-refractivity contribution in [1.82, 2.24) is 4.90 Å². The number of benzene rings is 1. The van der Waals surface area contributed by atoms with Crippen LogP contribution in [0.2, 0.25) is 0 Å². The average molecular weight is 299 g/mol. The molecule has 3 nitrogen and oxygen atoms in total. The molecule has 3 rings (SSSR count). The van der Waals surface area contributed by atoms with Gasteiger partial charge in [-0.05, 0) is 35.9 Å². The van der Waals surface area contributed by atoms with E-state index in [1.807, 2.05) is 17.4 Å². The number of rotatable bonds is 4. The molecule has 0 radical (unpaired) electrons. The van der Waals surface area contributed by atoms with Gasteiger partial charge in [-0.2, -0.15) is 0 Å². The van der Waals surface area contributed by atoms with Crippen LogP contribution in [0.1, 0.15) is 41.4 Å². The zero-order chi connectivity index (χ0) is 14.8. The molecule has 0 aliphatic carbocycles. The maximum atomic E-state index is 7.73. The van der Waals surface area contributed by atoms with E-state index in [9.17, 15) is 0 Å².